The molecule has 0 aromatic carbocycles. The monoisotopic (exact) mass is 320 g/mol. The molecule has 5 nitrogen and oxygen atoms in total. The van der Waals surface area contributed by atoms with E-state index in [0.29, 0.717) is 18.5 Å². The van der Waals surface area contributed by atoms with Gasteiger partial charge in [-0.3, -0.25) is 0 Å². The summed E-state index contributed by atoms with van der Waals surface area (Å²) >= 11 is 0. The standard InChI is InChI=1S/C18H32N4O/c1-4-14(5-2)17-12-16(23-22-17)13-20-18(19-6-3)21-15-10-8-7-9-11-15/h12,14-15H,4-11,13H2,1-3H3,(H2,19,20,21). The first-order valence-corrected chi connectivity index (χ1v) is 9.27. The Bertz CT molecular complexity index is 473. The van der Waals surface area contributed by atoms with E-state index >= 15 is 0 Å². The third-order valence-corrected chi connectivity index (χ3v) is 4.66. The van der Waals surface area contributed by atoms with Crippen LogP contribution in [0.5, 0.6) is 0 Å². The van der Waals surface area contributed by atoms with Crippen LogP contribution >= 0.6 is 0 Å². The molecule has 5 heteroatoms. The van der Waals surface area contributed by atoms with Crippen LogP contribution in [0.15, 0.2) is 15.6 Å². The molecule has 1 aliphatic carbocycles. The molecule has 0 aliphatic heterocycles. The van der Waals surface area contributed by atoms with Gasteiger partial charge in [-0.1, -0.05) is 38.3 Å². The van der Waals surface area contributed by atoms with Gasteiger partial charge >= 0.3 is 0 Å². The first-order chi connectivity index (χ1) is 11.3. The topological polar surface area (TPSA) is 62.5 Å². The fourth-order valence-electron chi connectivity index (χ4n) is 3.22. The van der Waals surface area contributed by atoms with Crippen LogP contribution in [0.2, 0.25) is 0 Å². The highest BCUT2D eigenvalue weighted by molar-refractivity contribution is 5.80. The normalized spacial score (nSPS) is 16.8. The van der Waals surface area contributed by atoms with E-state index in [1.165, 1.54) is 32.1 Å². The molecule has 0 unspecified atom stereocenters. The molecule has 2 N–H and O–H groups in total. The molecule has 1 saturated carbocycles. The minimum atomic E-state index is 0.491. The van der Waals surface area contributed by atoms with Crippen LogP contribution < -0.4 is 10.6 Å². The van der Waals surface area contributed by atoms with Gasteiger partial charge < -0.3 is 15.2 Å². The summed E-state index contributed by atoms with van der Waals surface area (Å²) in [5.41, 5.74) is 1.06. The number of aromatic nitrogens is 1. The van der Waals surface area contributed by atoms with Crippen LogP contribution in [-0.2, 0) is 6.54 Å². The molecular weight excluding hydrogens is 288 g/mol. The first-order valence-electron chi connectivity index (χ1n) is 9.27. The molecule has 1 aromatic rings. The summed E-state index contributed by atoms with van der Waals surface area (Å²) in [6, 6.07) is 2.61. The number of aliphatic imine (C=N–C) groups is 1. The van der Waals surface area contributed by atoms with Crippen molar-refractivity contribution >= 4 is 5.96 Å². The third-order valence-electron chi connectivity index (χ3n) is 4.66. The molecular formula is C18H32N4O. The Balaban J connectivity index is 1.93. The van der Waals surface area contributed by atoms with Crippen molar-refractivity contribution < 1.29 is 4.52 Å². The molecule has 0 bridgehead atoms. The smallest absolute Gasteiger partial charge is 0.191 e. The molecule has 1 aromatic heterocycles. The molecule has 0 saturated heterocycles. The van der Waals surface area contributed by atoms with Crippen molar-refractivity contribution in [3.05, 3.63) is 17.5 Å². The lowest BCUT2D eigenvalue weighted by molar-refractivity contribution is 0.371. The maximum Gasteiger partial charge on any atom is 0.191 e. The molecule has 130 valence electrons. The molecule has 2 rings (SSSR count). The van der Waals surface area contributed by atoms with Gasteiger partial charge in [-0.2, -0.15) is 0 Å². The molecule has 0 spiro atoms. The van der Waals surface area contributed by atoms with E-state index in [-0.39, 0.29) is 0 Å². The minimum absolute atomic E-state index is 0.491. The largest absolute Gasteiger partial charge is 0.359 e. The zero-order valence-electron chi connectivity index (χ0n) is 14.9. The zero-order chi connectivity index (χ0) is 16.5. The Hall–Kier alpha value is -1.52. The average molecular weight is 320 g/mol. The zero-order valence-corrected chi connectivity index (χ0v) is 14.9. The quantitative estimate of drug-likeness (QED) is 0.589. The third kappa shape index (κ3) is 5.56. The summed E-state index contributed by atoms with van der Waals surface area (Å²) in [6.45, 7) is 7.89. The summed E-state index contributed by atoms with van der Waals surface area (Å²) in [6.07, 6.45) is 8.67. The Kier molecular flexibility index (Phi) is 7.43. The molecule has 0 amide bonds. The van der Waals surface area contributed by atoms with Crippen molar-refractivity contribution in [2.75, 3.05) is 6.54 Å². The van der Waals surface area contributed by atoms with Gasteiger partial charge in [-0.25, -0.2) is 4.99 Å². The van der Waals surface area contributed by atoms with Crippen LogP contribution in [0.3, 0.4) is 0 Å². The van der Waals surface area contributed by atoms with Gasteiger partial charge in [0.15, 0.2) is 11.7 Å². The van der Waals surface area contributed by atoms with E-state index in [1.807, 2.05) is 0 Å². The van der Waals surface area contributed by atoms with E-state index in [1.54, 1.807) is 0 Å². The van der Waals surface area contributed by atoms with E-state index in [0.717, 1.165) is 36.8 Å². The minimum Gasteiger partial charge on any atom is -0.359 e. The van der Waals surface area contributed by atoms with Crippen molar-refractivity contribution in [3.8, 4) is 0 Å². The Morgan fingerprint density at radius 1 is 1.26 bits per heavy atom. The summed E-state index contributed by atoms with van der Waals surface area (Å²) in [7, 11) is 0. The van der Waals surface area contributed by atoms with Gasteiger partial charge in [0.05, 0.1) is 5.69 Å². The van der Waals surface area contributed by atoms with Gasteiger partial charge in [0.1, 0.15) is 6.54 Å². The van der Waals surface area contributed by atoms with Crippen molar-refractivity contribution in [1.82, 2.24) is 15.8 Å². The number of hydrogen-bond donors (Lipinski definition) is 2. The Labute approximate surface area is 140 Å². The van der Waals surface area contributed by atoms with E-state index in [2.05, 4.69) is 47.6 Å². The summed E-state index contributed by atoms with van der Waals surface area (Å²) < 4.78 is 5.46. The number of rotatable bonds is 7. The summed E-state index contributed by atoms with van der Waals surface area (Å²) in [4.78, 5) is 4.66. The first kappa shape index (κ1) is 17.8. The molecule has 1 heterocycles. The second-order valence-electron chi connectivity index (χ2n) is 6.41. The molecule has 23 heavy (non-hydrogen) atoms. The van der Waals surface area contributed by atoms with Gasteiger partial charge in [0.2, 0.25) is 0 Å². The van der Waals surface area contributed by atoms with E-state index in [4.69, 9.17) is 4.52 Å². The molecule has 0 radical (unpaired) electrons. The number of nitrogens with one attached hydrogen (secondary N) is 2. The van der Waals surface area contributed by atoms with Crippen molar-refractivity contribution in [3.63, 3.8) is 0 Å². The second-order valence-corrected chi connectivity index (χ2v) is 6.41. The second kappa shape index (κ2) is 9.58. The SMILES string of the molecule is CCNC(=NCc1cc(C(CC)CC)no1)NC1CCCCC1. The predicted octanol–water partition coefficient (Wildman–Crippen LogP) is 3.97. The summed E-state index contributed by atoms with van der Waals surface area (Å²) in [5, 5.41) is 11.1. The number of hydrogen-bond acceptors (Lipinski definition) is 3. The van der Waals surface area contributed by atoms with Crippen molar-refractivity contribution in [2.45, 2.75) is 84.2 Å². The summed E-state index contributed by atoms with van der Waals surface area (Å²) in [5.74, 6) is 2.22. The van der Waals surface area contributed by atoms with Crippen LogP contribution in [-0.4, -0.2) is 23.7 Å². The molecule has 0 atom stereocenters. The van der Waals surface area contributed by atoms with Crippen LogP contribution in [0.25, 0.3) is 0 Å². The van der Waals surface area contributed by atoms with Crippen LogP contribution in [0, 0.1) is 0 Å². The van der Waals surface area contributed by atoms with Gasteiger partial charge in [0, 0.05) is 24.6 Å². The maximum absolute atomic E-state index is 5.46. The molecule has 1 fully saturated rings. The Morgan fingerprint density at radius 3 is 2.65 bits per heavy atom. The highest BCUT2D eigenvalue weighted by atomic mass is 16.5. The lowest BCUT2D eigenvalue weighted by atomic mass is 9.96. The average Bonchev–Trinajstić information content (AvgIpc) is 3.04. The molecule has 1 aliphatic rings. The van der Waals surface area contributed by atoms with Gasteiger partial charge in [0.25, 0.3) is 0 Å². The van der Waals surface area contributed by atoms with Gasteiger partial charge in [-0.15, -0.1) is 0 Å². The van der Waals surface area contributed by atoms with Crippen LogP contribution in [0.1, 0.15) is 83.1 Å². The van der Waals surface area contributed by atoms with E-state index < -0.39 is 0 Å². The highest BCUT2D eigenvalue weighted by Crippen LogP contribution is 2.22. The lowest BCUT2D eigenvalue weighted by Gasteiger charge is -2.24. The maximum atomic E-state index is 5.46. The number of guanidine groups is 1. The van der Waals surface area contributed by atoms with Crippen molar-refractivity contribution in [1.29, 1.82) is 0 Å². The predicted molar refractivity (Wildman–Crippen MR) is 94.7 cm³/mol. The van der Waals surface area contributed by atoms with E-state index in [9.17, 15) is 0 Å². The highest BCUT2D eigenvalue weighted by Gasteiger charge is 2.15. The van der Waals surface area contributed by atoms with Crippen LogP contribution in [0.4, 0.5) is 0 Å². The fourth-order valence-corrected chi connectivity index (χ4v) is 3.22. The number of nitrogens with zero attached hydrogens (tertiary/aromatic N) is 2. The van der Waals surface area contributed by atoms with Crippen molar-refractivity contribution in [2.24, 2.45) is 4.99 Å². The Morgan fingerprint density at radius 2 is 2.00 bits per heavy atom. The van der Waals surface area contributed by atoms with Gasteiger partial charge in [-0.05, 0) is 32.6 Å². The fraction of sp³-hybridized carbons (Fsp3) is 0.778. The lowest BCUT2D eigenvalue weighted by Crippen LogP contribution is -2.44.